The van der Waals surface area contributed by atoms with E-state index in [-0.39, 0.29) is 10.8 Å². The van der Waals surface area contributed by atoms with Gasteiger partial charge in [0.25, 0.3) is 5.88 Å². The Morgan fingerprint density at radius 3 is 1.37 bits per heavy atom. The summed E-state index contributed by atoms with van der Waals surface area (Å²) in [5, 5.41) is 0. The number of pyridine rings is 3. The van der Waals surface area contributed by atoms with Gasteiger partial charge < -0.3 is 23.7 Å². The fraction of sp³-hybridized carbons (Fsp3) is 0.596. The van der Waals surface area contributed by atoms with E-state index >= 15 is 0 Å². The second-order valence-corrected chi connectivity index (χ2v) is 21.1. The molecule has 4 aromatic rings. The molecular formula is C52H85N3O5. The third-order valence-electron chi connectivity index (χ3n) is 8.18. The summed E-state index contributed by atoms with van der Waals surface area (Å²) in [7, 11) is 8.37. The lowest BCUT2D eigenvalue weighted by atomic mass is 9.88. The highest BCUT2D eigenvalue weighted by atomic mass is 16.5. The molecular weight excluding hydrogens is 747 g/mol. The molecule has 0 saturated heterocycles. The van der Waals surface area contributed by atoms with Crippen LogP contribution < -0.4 is 18.9 Å². The molecule has 0 aliphatic heterocycles. The van der Waals surface area contributed by atoms with Crippen LogP contribution in [0.1, 0.15) is 133 Å². The quantitative estimate of drug-likeness (QED) is 0.156. The van der Waals surface area contributed by atoms with Gasteiger partial charge in [-0.2, -0.15) is 0 Å². The van der Waals surface area contributed by atoms with Gasteiger partial charge in [-0.1, -0.05) is 128 Å². The Hall–Kier alpha value is -4.17. The van der Waals surface area contributed by atoms with E-state index < -0.39 is 0 Å². The summed E-state index contributed by atoms with van der Waals surface area (Å²) in [5.41, 5.74) is 6.10. The summed E-state index contributed by atoms with van der Waals surface area (Å²) >= 11 is 0. The van der Waals surface area contributed by atoms with Crippen molar-refractivity contribution in [3.05, 3.63) is 102 Å². The molecule has 0 unspecified atom stereocenters. The lowest BCUT2D eigenvalue weighted by Gasteiger charge is -2.19. The molecule has 0 radical (unpaired) electrons. The van der Waals surface area contributed by atoms with Crippen LogP contribution in [0.2, 0.25) is 0 Å². The van der Waals surface area contributed by atoms with Crippen molar-refractivity contribution in [1.29, 1.82) is 0 Å². The lowest BCUT2D eigenvalue weighted by molar-refractivity contribution is 0.159. The number of benzene rings is 1. The average Bonchev–Trinajstić information content (AvgIpc) is 3.13. The zero-order chi connectivity index (χ0) is 46.2. The molecule has 0 saturated carbocycles. The predicted molar refractivity (Wildman–Crippen MR) is 254 cm³/mol. The molecule has 0 aliphatic carbocycles. The molecule has 0 N–H and O–H groups in total. The maximum atomic E-state index is 5.29. The van der Waals surface area contributed by atoms with Crippen molar-refractivity contribution in [2.75, 3.05) is 42.2 Å². The van der Waals surface area contributed by atoms with Crippen molar-refractivity contribution in [3.8, 4) is 23.1 Å². The first-order chi connectivity index (χ1) is 27.7. The fourth-order valence-corrected chi connectivity index (χ4v) is 5.53. The van der Waals surface area contributed by atoms with Crippen LogP contribution in [0.15, 0.2) is 79.1 Å². The molecule has 0 spiro atoms. The van der Waals surface area contributed by atoms with E-state index in [0.29, 0.717) is 27.9 Å². The Kier molecular flexibility index (Phi) is 25.0. The van der Waals surface area contributed by atoms with Gasteiger partial charge in [0.05, 0.1) is 34.1 Å². The van der Waals surface area contributed by atoms with E-state index in [0.717, 1.165) is 61.6 Å². The number of nitrogens with zero attached hydrogens (tertiary/aromatic N) is 3. The minimum Gasteiger partial charge on any atom is -0.496 e. The van der Waals surface area contributed by atoms with E-state index in [1.165, 1.54) is 11.3 Å². The van der Waals surface area contributed by atoms with Crippen LogP contribution in [0.25, 0.3) is 0 Å². The Labute approximate surface area is 367 Å². The first-order valence-corrected chi connectivity index (χ1v) is 21.2. The third kappa shape index (κ3) is 29.1. The smallest absolute Gasteiger partial charge is 0.256 e. The summed E-state index contributed by atoms with van der Waals surface area (Å²) in [4.78, 5) is 13.0. The van der Waals surface area contributed by atoms with Gasteiger partial charge in [0, 0.05) is 37.5 Å². The second-order valence-electron chi connectivity index (χ2n) is 21.1. The van der Waals surface area contributed by atoms with Crippen LogP contribution in [0, 0.1) is 27.1 Å². The van der Waals surface area contributed by atoms with E-state index in [1.807, 2.05) is 60.9 Å². The molecule has 338 valence electrons. The van der Waals surface area contributed by atoms with Crippen LogP contribution >= 0.6 is 0 Å². The van der Waals surface area contributed by atoms with Gasteiger partial charge in [0.2, 0.25) is 0 Å². The molecule has 8 heteroatoms. The molecule has 1 aromatic carbocycles. The van der Waals surface area contributed by atoms with Crippen LogP contribution in [0.3, 0.4) is 0 Å². The van der Waals surface area contributed by atoms with Gasteiger partial charge in [-0.3, -0.25) is 9.97 Å². The number of ether oxygens (including phenoxy) is 5. The van der Waals surface area contributed by atoms with Crippen LogP contribution in [0.4, 0.5) is 0 Å². The molecule has 0 atom stereocenters. The molecule has 3 aromatic heterocycles. The normalized spacial score (nSPS) is 11.5. The average molecular weight is 832 g/mol. The number of methoxy groups -OCH3 is 5. The molecule has 60 heavy (non-hydrogen) atoms. The maximum absolute atomic E-state index is 5.29. The van der Waals surface area contributed by atoms with Crippen molar-refractivity contribution < 1.29 is 23.7 Å². The van der Waals surface area contributed by atoms with Gasteiger partial charge in [-0.05, 0) is 107 Å². The first-order valence-electron chi connectivity index (χ1n) is 21.2. The van der Waals surface area contributed by atoms with Gasteiger partial charge in [-0.15, -0.1) is 0 Å². The number of hydrogen-bond acceptors (Lipinski definition) is 8. The SMILES string of the molecule is CC(C)(C)Cc1ccccn1.COCCC(C)(C)C.COc1ccc(CC(C)(C)C)nc1OC.COc1ccccc1CC(C)(C)C.COc1cccnc1CC(C)(C)C. The van der Waals surface area contributed by atoms with Crippen LogP contribution in [-0.2, 0) is 30.4 Å². The molecule has 8 nitrogen and oxygen atoms in total. The zero-order valence-electron chi connectivity index (χ0n) is 41.6. The van der Waals surface area contributed by atoms with Crippen LogP contribution in [-0.4, -0.2) is 57.1 Å². The topological polar surface area (TPSA) is 84.8 Å². The largest absolute Gasteiger partial charge is 0.496 e. The van der Waals surface area contributed by atoms with Crippen LogP contribution in [0.5, 0.6) is 23.1 Å². The lowest BCUT2D eigenvalue weighted by Crippen LogP contribution is -2.11. The number of hydrogen-bond donors (Lipinski definition) is 0. The molecule has 0 fully saturated rings. The Bertz CT molecular complexity index is 1650. The summed E-state index contributed by atoms with van der Waals surface area (Å²) in [6.45, 7) is 34.0. The van der Waals surface area contributed by atoms with E-state index in [1.54, 1.807) is 35.5 Å². The van der Waals surface area contributed by atoms with Gasteiger partial charge in [0.1, 0.15) is 11.5 Å². The van der Waals surface area contributed by atoms with Crippen molar-refractivity contribution in [2.45, 2.75) is 136 Å². The molecule has 4 rings (SSSR count). The molecule has 0 aliphatic rings. The highest BCUT2D eigenvalue weighted by Crippen LogP contribution is 2.29. The van der Waals surface area contributed by atoms with Crippen molar-refractivity contribution in [1.82, 2.24) is 15.0 Å². The summed E-state index contributed by atoms with van der Waals surface area (Å²) in [6.07, 6.45) is 8.77. The number of aromatic nitrogens is 3. The second kappa shape index (κ2) is 26.9. The molecule has 0 bridgehead atoms. The van der Waals surface area contributed by atoms with Crippen molar-refractivity contribution in [2.24, 2.45) is 27.1 Å². The predicted octanol–water partition coefficient (Wildman–Crippen LogP) is 13.4. The highest BCUT2D eigenvalue weighted by molar-refractivity contribution is 5.35. The highest BCUT2D eigenvalue weighted by Gasteiger charge is 2.17. The van der Waals surface area contributed by atoms with Gasteiger partial charge in [-0.25, -0.2) is 4.98 Å². The Morgan fingerprint density at radius 2 is 0.917 bits per heavy atom. The zero-order valence-corrected chi connectivity index (χ0v) is 41.6. The minimum absolute atomic E-state index is 0.229. The maximum Gasteiger partial charge on any atom is 0.256 e. The van der Waals surface area contributed by atoms with Gasteiger partial charge in [0.15, 0.2) is 5.75 Å². The van der Waals surface area contributed by atoms with E-state index in [4.69, 9.17) is 23.7 Å². The summed E-state index contributed by atoms with van der Waals surface area (Å²) in [5.74, 6) is 3.12. The first kappa shape index (κ1) is 55.8. The van der Waals surface area contributed by atoms with E-state index in [2.05, 4.69) is 137 Å². The third-order valence-corrected chi connectivity index (χ3v) is 8.18. The van der Waals surface area contributed by atoms with Crippen molar-refractivity contribution >= 4 is 0 Å². The van der Waals surface area contributed by atoms with Crippen molar-refractivity contribution in [3.63, 3.8) is 0 Å². The summed E-state index contributed by atoms with van der Waals surface area (Å²) < 4.78 is 25.7. The minimum atomic E-state index is 0.229. The fourth-order valence-electron chi connectivity index (χ4n) is 5.53. The molecule has 3 heterocycles. The monoisotopic (exact) mass is 832 g/mol. The Balaban J connectivity index is 0.000000735. The number of rotatable bonds is 10. The Morgan fingerprint density at radius 1 is 0.417 bits per heavy atom. The number of para-hydroxylation sites is 1. The van der Waals surface area contributed by atoms with Gasteiger partial charge >= 0.3 is 0 Å². The standard InChI is InChI=1S/C12H19NO2.C12H18O.C11H17NO.C10H15N.C7H16O/c1-12(2,3)8-9-6-7-10(14-4)11(13-9)15-5;1-12(2,3)9-10-7-5-6-8-11(10)13-4;1-11(2,3)8-9-10(13-4)6-5-7-12-9;1-10(2,3)8-9-6-4-5-7-11-9;1-7(2,3)5-6-8-4/h6-7H,8H2,1-5H3;5-8H,9H2,1-4H3;5-7H,8H2,1-4H3;4-7H,8H2,1-3H3;5-6H2,1-4H3. The summed E-state index contributed by atoms with van der Waals surface area (Å²) in [6, 6.07) is 22.0. The van der Waals surface area contributed by atoms with E-state index in [9.17, 15) is 0 Å². The molecule has 0 amide bonds.